The molecule has 0 spiro atoms. The summed E-state index contributed by atoms with van der Waals surface area (Å²) in [7, 11) is 1.93. The minimum absolute atomic E-state index is 0.636. The van der Waals surface area contributed by atoms with Crippen molar-refractivity contribution < 1.29 is 0 Å². The summed E-state index contributed by atoms with van der Waals surface area (Å²) >= 11 is 0. The lowest BCUT2D eigenvalue weighted by atomic mass is 10.2. The zero-order valence-electron chi connectivity index (χ0n) is 10.2. The molecule has 3 heteroatoms. The zero-order valence-corrected chi connectivity index (χ0v) is 10.2. The fraction of sp³-hybridized carbons (Fsp3) is 0.462. The van der Waals surface area contributed by atoms with Crippen LogP contribution in [0, 0.1) is 19.3 Å². The zero-order chi connectivity index (χ0) is 12.0. The van der Waals surface area contributed by atoms with Gasteiger partial charge in [0, 0.05) is 36.2 Å². The molecule has 0 fully saturated rings. The molecule has 0 aliphatic heterocycles. The van der Waals surface area contributed by atoms with E-state index in [1.165, 1.54) is 11.3 Å². The Hall–Kier alpha value is -1.53. The number of nitrogens with one attached hydrogen (secondary N) is 1. The smallest absolute Gasteiger partial charge is 0.0791 e. The maximum absolute atomic E-state index is 5.38. The maximum Gasteiger partial charge on any atom is 0.0791 e. The first-order valence-electron chi connectivity index (χ1n) is 5.51. The van der Waals surface area contributed by atoms with Gasteiger partial charge >= 0.3 is 0 Å². The second kappa shape index (κ2) is 6.14. The van der Waals surface area contributed by atoms with Gasteiger partial charge in [0.25, 0.3) is 0 Å². The average Bonchev–Trinajstić information content (AvgIpc) is 2.29. The van der Waals surface area contributed by atoms with Gasteiger partial charge < -0.3 is 10.2 Å². The van der Waals surface area contributed by atoms with Crippen LogP contribution in [-0.2, 0) is 6.54 Å². The fourth-order valence-electron chi connectivity index (χ4n) is 1.67. The minimum Gasteiger partial charge on any atom is -0.360 e. The van der Waals surface area contributed by atoms with E-state index in [0.29, 0.717) is 6.54 Å². The van der Waals surface area contributed by atoms with Crippen LogP contribution in [0.1, 0.15) is 18.2 Å². The largest absolute Gasteiger partial charge is 0.360 e. The molecule has 16 heavy (non-hydrogen) atoms. The lowest BCUT2D eigenvalue weighted by Crippen LogP contribution is -2.25. The van der Waals surface area contributed by atoms with Crippen LogP contribution in [0.2, 0.25) is 0 Å². The van der Waals surface area contributed by atoms with Gasteiger partial charge in [0.05, 0.1) is 6.54 Å². The molecular weight excluding hydrogens is 198 g/mol. The maximum atomic E-state index is 5.38. The van der Waals surface area contributed by atoms with Crippen molar-refractivity contribution in [1.82, 2.24) is 10.3 Å². The topological polar surface area (TPSA) is 28.2 Å². The number of rotatable bonds is 5. The van der Waals surface area contributed by atoms with E-state index in [1.807, 2.05) is 20.2 Å². The van der Waals surface area contributed by atoms with Gasteiger partial charge in [0.2, 0.25) is 0 Å². The van der Waals surface area contributed by atoms with Crippen LogP contribution >= 0.6 is 0 Å². The lowest BCUT2D eigenvalue weighted by Gasteiger charge is -2.23. The molecule has 0 bridgehead atoms. The van der Waals surface area contributed by atoms with E-state index in [2.05, 4.69) is 34.1 Å². The van der Waals surface area contributed by atoms with Crippen molar-refractivity contribution in [1.29, 1.82) is 0 Å². The van der Waals surface area contributed by atoms with Crippen LogP contribution in [0.5, 0.6) is 0 Å². The summed E-state index contributed by atoms with van der Waals surface area (Å²) < 4.78 is 0. The highest BCUT2D eigenvalue weighted by Crippen LogP contribution is 2.20. The third kappa shape index (κ3) is 2.98. The van der Waals surface area contributed by atoms with Crippen molar-refractivity contribution in [2.24, 2.45) is 0 Å². The van der Waals surface area contributed by atoms with E-state index in [0.717, 1.165) is 18.8 Å². The van der Waals surface area contributed by atoms with Gasteiger partial charge in [0.15, 0.2) is 0 Å². The molecule has 0 aliphatic rings. The number of anilines is 1. The lowest BCUT2D eigenvalue weighted by molar-refractivity contribution is 0.798. The number of pyridine rings is 1. The predicted octanol–water partition coefficient (Wildman–Crippen LogP) is 1.57. The number of terminal acetylenes is 1. The van der Waals surface area contributed by atoms with E-state index in [-0.39, 0.29) is 0 Å². The first-order chi connectivity index (χ1) is 7.72. The van der Waals surface area contributed by atoms with E-state index in [4.69, 9.17) is 6.42 Å². The standard InChI is InChI=1S/C13H19N3/c1-5-7-16(6-2)13-8-11(3)15-10-12(13)9-14-4/h1,8,10,14H,6-7,9H2,2-4H3. The quantitative estimate of drug-likeness (QED) is 0.759. The first-order valence-corrected chi connectivity index (χ1v) is 5.51. The number of aromatic nitrogens is 1. The van der Waals surface area contributed by atoms with Gasteiger partial charge in [-0.3, -0.25) is 4.98 Å². The molecule has 0 atom stereocenters. The van der Waals surface area contributed by atoms with Gasteiger partial charge in [-0.2, -0.15) is 0 Å². The summed E-state index contributed by atoms with van der Waals surface area (Å²) in [6.45, 7) is 6.46. The van der Waals surface area contributed by atoms with Gasteiger partial charge in [-0.1, -0.05) is 5.92 Å². The molecule has 1 rings (SSSR count). The summed E-state index contributed by atoms with van der Waals surface area (Å²) in [6, 6.07) is 2.09. The van der Waals surface area contributed by atoms with Crippen molar-refractivity contribution >= 4 is 5.69 Å². The highest BCUT2D eigenvalue weighted by atomic mass is 15.1. The molecule has 86 valence electrons. The van der Waals surface area contributed by atoms with Crippen LogP contribution in [-0.4, -0.2) is 25.1 Å². The van der Waals surface area contributed by atoms with Crippen molar-refractivity contribution in [2.45, 2.75) is 20.4 Å². The average molecular weight is 217 g/mol. The minimum atomic E-state index is 0.636. The Labute approximate surface area is 97.9 Å². The molecule has 1 aromatic rings. The second-order valence-electron chi connectivity index (χ2n) is 3.70. The molecular formula is C13H19N3. The van der Waals surface area contributed by atoms with Crippen LogP contribution in [0.3, 0.4) is 0 Å². The summed E-state index contributed by atoms with van der Waals surface area (Å²) in [5.74, 6) is 2.69. The third-order valence-electron chi connectivity index (χ3n) is 2.47. The summed E-state index contributed by atoms with van der Waals surface area (Å²) in [6.07, 6.45) is 7.30. The highest BCUT2D eigenvalue weighted by molar-refractivity contribution is 5.54. The van der Waals surface area contributed by atoms with Gasteiger partial charge in [-0.05, 0) is 27.0 Å². The molecule has 1 heterocycles. The van der Waals surface area contributed by atoms with E-state index < -0.39 is 0 Å². The highest BCUT2D eigenvalue weighted by Gasteiger charge is 2.09. The molecule has 0 aromatic carbocycles. The van der Waals surface area contributed by atoms with Crippen molar-refractivity contribution in [3.63, 3.8) is 0 Å². The Kier molecular flexibility index (Phi) is 4.81. The van der Waals surface area contributed by atoms with E-state index >= 15 is 0 Å². The Morgan fingerprint density at radius 3 is 2.88 bits per heavy atom. The first kappa shape index (κ1) is 12.5. The number of hydrogen-bond donors (Lipinski definition) is 1. The second-order valence-corrected chi connectivity index (χ2v) is 3.70. The van der Waals surface area contributed by atoms with E-state index in [1.54, 1.807) is 0 Å². The van der Waals surface area contributed by atoms with Crippen LogP contribution in [0.25, 0.3) is 0 Å². The number of aryl methyl sites for hydroxylation is 1. The Balaban J connectivity index is 3.07. The van der Waals surface area contributed by atoms with Gasteiger partial charge in [-0.25, -0.2) is 0 Å². The Morgan fingerprint density at radius 1 is 1.56 bits per heavy atom. The van der Waals surface area contributed by atoms with Crippen molar-refractivity contribution in [3.05, 3.63) is 23.5 Å². The predicted molar refractivity (Wildman–Crippen MR) is 68.5 cm³/mol. The molecule has 1 aromatic heterocycles. The summed E-state index contributed by atoms with van der Waals surface area (Å²) in [5, 5.41) is 3.15. The molecule has 1 N–H and O–H groups in total. The number of nitrogens with zero attached hydrogens (tertiary/aromatic N) is 2. The van der Waals surface area contributed by atoms with E-state index in [9.17, 15) is 0 Å². The van der Waals surface area contributed by atoms with Crippen molar-refractivity contribution in [2.75, 3.05) is 25.0 Å². The summed E-state index contributed by atoms with van der Waals surface area (Å²) in [5.41, 5.74) is 3.39. The van der Waals surface area contributed by atoms with Crippen LogP contribution < -0.4 is 10.2 Å². The van der Waals surface area contributed by atoms with Gasteiger partial charge in [-0.15, -0.1) is 6.42 Å². The van der Waals surface area contributed by atoms with Crippen LogP contribution in [0.4, 0.5) is 5.69 Å². The van der Waals surface area contributed by atoms with Gasteiger partial charge in [0.1, 0.15) is 0 Å². The normalized spacial score (nSPS) is 9.88. The molecule has 0 saturated carbocycles. The van der Waals surface area contributed by atoms with Crippen LogP contribution in [0.15, 0.2) is 12.3 Å². The Morgan fingerprint density at radius 2 is 2.31 bits per heavy atom. The SMILES string of the molecule is C#CCN(CC)c1cc(C)ncc1CNC. The molecule has 0 saturated heterocycles. The number of hydrogen-bond acceptors (Lipinski definition) is 3. The monoisotopic (exact) mass is 217 g/mol. The third-order valence-corrected chi connectivity index (χ3v) is 2.47. The molecule has 0 unspecified atom stereocenters. The molecule has 0 amide bonds. The molecule has 0 aliphatic carbocycles. The van der Waals surface area contributed by atoms with Crippen molar-refractivity contribution in [3.8, 4) is 12.3 Å². The fourth-order valence-corrected chi connectivity index (χ4v) is 1.67. The summed E-state index contributed by atoms with van der Waals surface area (Å²) in [4.78, 5) is 6.50. The molecule has 0 radical (unpaired) electrons. The molecule has 3 nitrogen and oxygen atoms in total. The Bertz CT molecular complexity index is 379.